The van der Waals surface area contributed by atoms with Gasteiger partial charge in [-0.1, -0.05) is 0 Å². The van der Waals surface area contributed by atoms with Gasteiger partial charge in [-0.15, -0.1) is 0 Å². The molecular weight excluding hydrogens is 254 g/mol. The highest BCUT2D eigenvalue weighted by Crippen LogP contribution is 2.25. The summed E-state index contributed by atoms with van der Waals surface area (Å²) >= 11 is 0. The molecule has 0 aromatic heterocycles. The normalized spacial score (nSPS) is 28.6. The fourth-order valence-corrected chi connectivity index (χ4v) is 3.15. The highest BCUT2D eigenvalue weighted by Gasteiger charge is 2.33. The zero-order valence-corrected chi connectivity index (χ0v) is 13.1. The van der Waals surface area contributed by atoms with Gasteiger partial charge in [0.05, 0.1) is 12.6 Å². The lowest BCUT2D eigenvalue weighted by Gasteiger charge is -2.39. The zero-order chi connectivity index (χ0) is 14.7. The summed E-state index contributed by atoms with van der Waals surface area (Å²) in [6, 6.07) is 0.722. The molecule has 116 valence electrons. The van der Waals surface area contributed by atoms with E-state index < -0.39 is 0 Å². The number of carbonyl (C=O) groups is 1. The second-order valence-electron chi connectivity index (χ2n) is 6.49. The number of piperazine rings is 1. The first kappa shape index (κ1) is 15.7. The number of hydrogen-bond acceptors (Lipinski definition) is 4. The van der Waals surface area contributed by atoms with Gasteiger partial charge < -0.3 is 10.0 Å². The molecule has 2 atom stereocenters. The molecule has 1 aliphatic heterocycles. The lowest BCUT2D eigenvalue weighted by atomic mass is 10.1. The van der Waals surface area contributed by atoms with Gasteiger partial charge in [-0.3, -0.25) is 14.6 Å². The number of aliphatic hydroxyl groups excluding tert-OH is 1. The molecule has 0 aromatic rings. The molecule has 20 heavy (non-hydrogen) atoms. The number of amides is 1. The predicted molar refractivity (Wildman–Crippen MR) is 79.6 cm³/mol. The van der Waals surface area contributed by atoms with Crippen LogP contribution in [0.15, 0.2) is 0 Å². The maximum Gasteiger partial charge on any atom is 0.236 e. The highest BCUT2D eigenvalue weighted by molar-refractivity contribution is 5.78. The van der Waals surface area contributed by atoms with Crippen LogP contribution in [0, 0.1) is 0 Å². The molecule has 1 aliphatic carbocycles. The Morgan fingerprint density at radius 1 is 1.25 bits per heavy atom. The number of likely N-dealkylation sites (N-methyl/N-ethyl adjacent to an activating group) is 1. The van der Waals surface area contributed by atoms with Crippen molar-refractivity contribution in [3.05, 3.63) is 0 Å². The van der Waals surface area contributed by atoms with Gasteiger partial charge in [0.15, 0.2) is 0 Å². The largest absolute Gasteiger partial charge is 0.391 e. The van der Waals surface area contributed by atoms with Gasteiger partial charge in [0.2, 0.25) is 5.91 Å². The van der Waals surface area contributed by atoms with E-state index in [1.54, 1.807) is 0 Å². The van der Waals surface area contributed by atoms with E-state index in [0.29, 0.717) is 18.6 Å². The molecule has 0 unspecified atom stereocenters. The minimum atomic E-state index is -0.163. The molecule has 1 saturated carbocycles. The van der Waals surface area contributed by atoms with E-state index in [-0.39, 0.29) is 12.0 Å². The van der Waals surface area contributed by atoms with E-state index in [2.05, 4.69) is 23.6 Å². The minimum Gasteiger partial charge on any atom is -0.391 e. The fraction of sp³-hybridized carbons (Fsp3) is 0.933. The summed E-state index contributed by atoms with van der Waals surface area (Å²) in [6.07, 6.45) is 3.00. The molecule has 5 nitrogen and oxygen atoms in total. The lowest BCUT2D eigenvalue weighted by Crippen LogP contribution is -2.55. The number of hydrogen-bond donors (Lipinski definition) is 1. The maximum absolute atomic E-state index is 12.2. The Labute approximate surface area is 122 Å². The van der Waals surface area contributed by atoms with Crippen LogP contribution in [0.1, 0.15) is 33.1 Å². The molecule has 2 rings (SSSR count). The topological polar surface area (TPSA) is 47.0 Å². The first-order valence-corrected chi connectivity index (χ1v) is 7.89. The molecule has 0 spiro atoms. The molecule has 0 radical (unpaired) electrons. The van der Waals surface area contributed by atoms with Gasteiger partial charge in [-0.2, -0.15) is 0 Å². The summed E-state index contributed by atoms with van der Waals surface area (Å²) in [5, 5.41) is 9.97. The average molecular weight is 283 g/mol. The van der Waals surface area contributed by atoms with Crippen molar-refractivity contribution in [2.45, 2.75) is 51.3 Å². The Balaban J connectivity index is 1.77. The quantitative estimate of drug-likeness (QED) is 0.810. The molecule has 2 fully saturated rings. The molecule has 1 heterocycles. The van der Waals surface area contributed by atoms with Crippen molar-refractivity contribution in [1.29, 1.82) is 0 Å². The van der Waals surface area contributed by atoms with Crippen molar-refractivity contribution in [2.24, 2.45) is 0 Å². The van der Waals surface area contributed by atoms with Crippen LogP contribution >= 0.6 is 0 Å². The van der Waals surface area contributed by atoms with Gasteiger partial charge in [-0.05, 0) is 40.2 Å². The molecule has 5 heteroatoms. The van der Waals surface area contributed by atoms with Crippen LogP contribution in [0.2, 0.25) is 0 Å². The van der Waals surface area contributed by atoms with Crippen LogP contribution in [-0.4, -0.2) is 83.7 Å². The van der Waals surface area contributed by atoms with E-state index in [1.807, 2.05) is 11.9 Å². The van der Waals surface area contributed by atoms with Crippen molar-refractivity contribution < 1.29 is 9.90 Å². The van der Waals surface area contributed by atoms with Crippen LogP contribution in [0.4, 0.5) is 0 Å². The standard InChI is InChI=1S/C15H29N3O2/c1-12(2)16(3)11-15(20)18-9-7-17(8-10-18)13-5-4-6-14(13)19/h12-14,19H,4-11H2,1-3H3/t13-,14-/m0/s1. The van der Waals surface area contributed by atoms with Crippen molar-refractivity contribution in [2.75, 3.05) is 39.8 Å². The van der Waals surface area contributed by atoms with E-state index in [1.165, 1.54) is 0 Å². The van der Waals surface area contributed by atoms with Crippen LogP contribution in [0.3, 0.4) is 0 Å². The maximum atomic E-state index is 12.2. The van der Waals surface area contributed by atoms with Gasteiger partial charge in [0.25, 0.3) is 0 Å². The number of carbonyl (C=O) groups excluding carboxylic acids is 1. The van der Waals surface area contributed by atoms with Crippen molar-refractivity contribution in [3.8, 4) is 0 Å². The third-order valence-corrected chi connectivity index (χ3v) is 4.85. The lowest BCUT2D eigenvalue weighted by molar-refractivity contribution is -0.134. The van der Waals surface area contributed by atoms with Crippen molar-refractivity contribution in [3.63, 3.8) is 0 Å². The molecular formula is C15H29N3O2. The Hall–Kier alpha value is -0.650. The van der Waals surface area contributed by atoms with E-state index in [9.17, 15) is 9.90 Å². The SMILES string of the molecule is CC(C)N(C)CC(=O)N1CCN([C@H]2CCC[C@@H]2O)CC1. The highest BCUT2D eigenvalue weighted by atomic mass is 16.3. The third kappa shape index (κ3) is 3.71. The number of rotatable bonds is 4. The third-order valence-electron chi connectivity index (χ3n) is 4.85. The van der Waals surface area contributed by atoms with Gasteiger partial charge >= 0.3 is 0 Å². The predicted octanol–water partition coefficient (Wildman–Crippen LogP) is 0.384. The first-order chi connectivity index (χ1) is 9.49. The van der Waals surface area contributed by atoms with Crippen LogP contribution < -0.4 is 0 Å². The van der Waals surface area contributed by atoms with Gasteiger partial charge in [0.1, 0.15) is 0 Å². The summed E-state index contributed by atoms with van der Waals surface area (Å²) in [6.45, 7) is 8.11. The average Bonchev–Trinajstić information content (AvgIpc) is 2.85. The van der Waals surface area contributed by atoms with Crippen LogP contribution in [0.25, 0.3) is 0 Å². The van der Waals surface area contributed by atoms with E-state index >= 15 is 0 Å². The Morgan fingerprint density at radius 2 is 1.90 bits per heavy atom. The Morgan fingerprint density at radius 3 is 2.40 bits per heavy atom. The summed E-state index contributed by atoms with van der Waals surface area (Å²) in [4.78, 5) is 18.6. The molecule has 1 amide bonds. The second-order valence-corrected chi connectivity index (χ2v) is 6.49. The van der Waals surface area contributed by atoms with Gasteiger partial charge in [0, 0.05) is 38.3 Å². The Bertz CT molecular complexity index is 327. The van der Waals surface area contributed by atoms with Crippen LogP contribution in [-0.2, 0) is 4.79 Å². The molecule has 2 aliphatic rings. The van der Waals surface area contributed by atoms with Crippen LogP contribution in [0.5, 0.6) is 0 Å². The summed E-state index contributed by atoms with van der Waals surface area (Å²) in [5.41, 5.74) is 0. The van der Waals surface area contributed by atoms with Crippen molar-refractivity contribution in [1.82, 2.24) is 14.7 Å². The first-order valence-electron chi connectivity index (χ1n) is 7.89. The van der Waals surface area contributed by atoms with E-state index in [4.69, 9.17) is 0 Å². The van der Waals surface area contributed by atoms with E-state index in [0.717, 1.165) is 45.4 Å². The minimum absolute atomic E-state index is 0.163. The molecule has 1 saturated heterocycles. The Kier molecular flexibility index (Phi) is 5.41. The zero-order valence-electron chi connectivity index (χ0n) is 13.1. The second kappa shape index (κ2) is 6.87. The van der Waals surface area contributed by atoms with Gasteiger partial charge in [-0.25, -0.2) is 0 Å². The molecule has 1 N–H and O–H groups in total. The summed E-state index contributed by atoms with van der Waals surface area (Å²) in [5.74, 6) is 0.229. The van der Waals surface area contributed by atoms with Crippen molar-refractivity contribution >= 4 is 5.91 Å². The monoisotopic (exact) mass is 283 g/mol. The summed E-state index contributed by atoms with van der Waals surface area (Å²) in [7, 11) is 1.99. The molecule has 0 bridgehead atoms. The number of aliphatic hydroxyl groups is 1. The fourth-order valence-electron chi connectivity index (χ4n) is 3.15. The smallest absolute Gasteiger partial charge is 0.236 e. The molecule has 0 aromatic carbocycles. The summed E-state index contributed by atoms with van der Waals surface area (Å²) < 4.78 is 0. The number of nitrogens with zero attached hydrogens (tertiary/aromatic N) is 3.